The van der Waals surface area contributed by atoms with Crippen LogP contribution in [0, 0.1) is 13.8 Å². The van der Waals surface area contributed by atoms with Gasteiger partial charge in [0, 0.05) is 35.3 Å². The number of aryl methyl sites for hydroxylation is 1. The van der Waals surface area contributed by atoms with E-state index in [0.717, 1.165) is 23.2 Å². The first-order chi connectivity index (χ1) is 9.52. The van der Waals surface area contributed by atoms with E-state index in [4.69, 9.17) is 0 Å². The standard InChI is InChI=1S/C15H22N4S/c1-6-7-19-11(4)8-13(12(19)5)14-9-20-15(18-17-14)16-10(2)3/h6,8,10H,1,7,9H2,2-5H3,(H,16,18). The van der Waals surface area contributed by atoms with E-state index in [-0.39, 0.29) is 0 Å². The van der Waals surface area contributed by atoms with Crippen LogP contribution in [0.15, 0.2) is 28.8 Å². The van der Waals surface area contributed by atoms with Crippen molar-refractivity contribution in [2.24, 2.45) is 10.1 Å². The minimum Gasteiger partial charge on any atom is -0.345 e. The molecule has 0 bridgehead atoms. The molecule has 1 aromatic rings. The van der Waals surface area contributed by atoms with Gasteiger partial charge in [-0.25, -0.2) is 0 Å². The molecule has 0 aliphatic carbocycles. The van der Waals surface area contributed by atoms with E-state index in [0.29, 0.717) is 6.04 Å². The maximum Gasteiger partial charge on any atom is 0.177 e. The third-order valence-corrected chi connectivity index (χ3v) is 4.09. The van der Waals surface area contributed by atoms with Gasteiger partial charge in [-0.05, 0) is 33.8 Å². The molecule has 0 amide bonds. The minimum atomic E-state index is 0.291. The van der Waals surface area contributed by atoms with Crippen LogP contribution in [0.3, 0.4) is 0 Å². The van der Waals surface area contributed by atoms with Gasteiger partial charge in [-0.3, -0.25) is 10.4 Å². The Morgan fingerprint density at radius 2 is 2.30 bits per heavy atom. The summed E-state index contributed by atoms with van der Waals surface area (Å²) < 4.78 is 2.26. The molecule has 1 aliphatic heterocycles. The molecule has 4 nitrogen and oxygen atoms in total. The Balaban J connectivity index is 2.24. The molecule has 5 heteroatoms. The molecule has 0 saturated carbocycles. The summed E-state index contributed by atoms with van der Waals surface area (Å²) in [6.45, 7) is 13.0. The van der Waals surface area contributed by atoms with Crippen molar-refractivity contribution in [1.82, 2.24) is 9.99 Å². The Morgan fingerprint density at radius 3 is 2.85 bits per heavy atom. The van der Waals surface area contributed by atoms with Gasteiger partial charge < -0.3 is 4.57 Å². The summed E-state index contributed by atoms with van der Waals surface area (Å²) in [7, 11) is 0. The minimum absolute atomic E-state index is 0.291. The summed E-state index contributed by atoms with van der Waals surface area (Å²) in [5.74, 6) is 0.858. The van der Waals surface area contributed by atoms with Gasteiger partial charge in [0.15, 0.2) is 5.17 Å². The van der Waals surface area contributed by atoms with Crippen molar-refractivity contribution >= 4 is 22.6 Å². The summed E-state index contributed by atoms with van der Waals surface area (Å²) in [4.78, 5) is 4.48. The van der Waals surface area contributed by atoms with E-state index in [1.54, 1.807) is 11.8 Å². The summed E-state index contributed by atoms with van der Waals surface area (Å²) >= 11 is 1.71. The maximum atomic E-state index is 4.49. The zero-order valence-electron chi connectivity index (χ0n) is 12.6. The normalized spacial score (nSPS) is 17.2. The zero-order chi connectivity index (χ0) is 14.7. The Kier molecular flexibility index (Phi) is 4.70. The quantitative estimate of drug-likeness (QED) is 0.866. The van der Waals surface area contributed by atoms with Crippen LogP contribution >= 0.6 is 11.8 Å². The highest BCUT2D eigenvalue weighted by atomic mass is 32.2. The predicted octanol–water partition coefficient (Wildman–Crippen LogP) is 3.10. The van der Waals surface area contributed by atoms with Crippen molar-refractivity contribution in [3.05, 3.63) is 35.7 Å². The molecule has 20 heavy (non-hydrogen) atoms. The number of hydrogen-bond acceptors (Lipinski definition) is 3. The van der Waals surface area contributed by atoms with E-state index >= 15 is 0 Å². The molecule has 0 unspecified atom stereocenters. The molecule has 2 heterocycles. The van der Waals surface area contributed by atoms with Gasteiger partial charge in [0.1, 0.15) is 0 Å². The lowest BCUT2D eigenvalue weighted by atomic mass is 10.1. The molecule has 1 aromatic heterocycles. The molecule has 1 N–H and O–H groups in total. The van der Waals surface area contributed by atoms with Crippen LogP contribution in [0.2, 0.25) is 0 Å². The number of allylic oxidation sites excluding steroid dienone is 1. The zero-order valence-corrected chi connectivity index (χ0v) is 13.4. The topological polar surface area (TPSA) is 41.7 Å². The van der Waals surface area contributed by atoms with Crippen molar-refractivity contribution < 1.29 is 0 Å². The van der Waals surface area contributed by atoms with Crippen LogP contribution in [0.5, 0.6) is 0 Å². The molecule has 0 radical (unpaired) electrons. The number of aliphatic imine (C=N–C) groups is 1. The number of hydrogen-bond donors (Lipinski definition) is 1. The Morgan fingerprint density at radius 1 is 1.55 bits per heavy atom. The van der Waals surface area contributed by atoms with E-state index in [1.165, 1.54) is 17.0 Å². The predicted molar refractivity (Wildman–Crippen MR) is 88.8 cm³/mol. The van der Waals surface area contributed by atoms with Gasteiger partial charge in [-0.2, -0.15) is 5.10 Å². The first-order valence-corrected chi connectivity index (χ1v) is 7.82. The Hall–Kier alpha value is -1.49. The van der Waals surface area contributed by atoms with Crippen molar-refractivity contribution in [3.63, 3.8) is 0 Å². The monoisotopic (exact) mass is 290 g/mol. The number of thioether (sulfide) groups is 1. The number of nitrogens with one attached hydrogen (secondary N) is 1. The van der Waals surface area contributed by atoms with Crippen molar-refractivity contribution in [2.45, 2.75) is 40.3 Å². The Labute approximate surface area is 125 Å². The van der Waals surface area contributed by atoms with Crippen LogP contribution in [-0.4, -0.2) is 27.2 Å². The van der Waals surface area contributed by atoms with E-state index in [1.807, 2.05) is 6.08 Å². The first-order valence-electron chi connectivity index (χ1n) is 6.84. The third kappa shape index (κ3) is 3.15. The van der Waals surface area contributed by atoms with Crippen LogP contribution in [0.4, 0.5) is 0 Å². The first kappa shape index (κ1) is 14.9. The smallest absolute Gasteiger partial charge is 0.177 e. The van der Waals surface area contributed by atoms with Gasteiger partial charge in [-0.15, -0.1) is 6.58 Å². The van der Waals surface area contributed by atoms with Crippen LogP contribution in [-0.2, 0) is 6.54 Å². The summed E-state index contributed by atoms with van der Waals surface area (Å²) in [5.41, 5.74) is 7.84. The average Bonchev–Trinajstić information content (AvgIpc) is 2.67. The lowest BCUT2D eigenvalue weighted by molar-refractivity contribution is 0.768. The molecule has 0 saturated heterocycles. The Bertz CT molecular complexity index is 567. The summed E-state index contributed by atoms with van der Waals surface area (Å²) in [6, 6.07) is 2.49. The highest BCUT2D eigenvalue weighted by Crippen LogP contribution is 2.20. The number of rotatable bonds is 4. The highest BCUT2D eigenvalue weighted by Gasteiger charge is 2.18. The van der Waals surface area contributed by atoms with Crippen LogP contribution in [0.1, 0.15) is 30.8 Å². The lowest BCUT2D eigenvalue weighted by Crippen LogP contribution is -2.26. The van der Waals surface area contributed by atoms with Crippen LogP contribution < -0.4 is 5.43 Å². The maximum absolute atomic E-state index is 4.49. The second-order valence-electron chi connectivity index (χ2n) is 5.17. The van der Waals surface area contributed by atoms with E-state index in [2.05, 4.69) is 60.4 Å². The molecule has 108 valence electrons. The molecule has 0 atom stereocenters. The number of hydrazone groups is 1. The third-order valence-electron chi connectivity index (χ3n) is 3.20. The van der Waals surface area contributed by atoms with E-state index in [9.17, 15) is 0 Å². The molecule has 0 fully saturated rings. The fourth-order valence-electron chi connectivity index (χ4n) is 2.26. The molecule has 0 spiro atoms. The number of aromatic nitrogens is 1. The second kappa shape index (κ2) is 6.31. The summed E-state index contributed by atoms with van der Waals surface area (Å²) in [5, 5.41) is 5.39. The van der Waals surface area contributed by atoms with Crippen molar-refractivity contribution in [1.29, 1.82) is 0 Å². The van der Waals surface area contributed by atoms with Crippen molar-refractivity contribution in [3.8, 4) is 0 Å². The van der Waals surface area contributed by atoms with Gasteiger partial charge in [0.05, 0.1) is 5.71 Å². The number of nitrogens with zero attached hydrogens (tertiary/aromatic N) is 3. The highest BCUT2D eigenvalue weighted by molar-refractivity contribution is 8.14. The SMILES string of the molecule is C=CCn1c(C)cc(C2=NNC(=NC(C)C)SC2)c1C. The van der Waals surface area contributed by atoms with Crippen LogP contribution in [0.25, 0.3) is 0 Å². The van der Waals surface area contributed by atoms with Gasteiger partial charge >= 0.3 is 0 Å². The van der Waals surface area contributed by atoms with Gasteiger partial charge in [0.2, 0.25) is 0 Å². The second-order valence-corrected chi connectivity index (χ2v) is 6.14. The number of amidine groups is 1. The van der Waals surface area contributed by atoms with Gasteiger partial charge in [-0.1, -0.05) is 17.8 Å². The molecule has 2 rings (SSSR count). The molecular weight excluding hydrogens is 268 g/mol. The molecule has 0 aromatic carbocycles. The lowest BCUT2D eigenvalue weighted by Gasteiger charge is -2.15. The largest absolute Gasteiger partial charge is 0.345 e. The molecule has 1 aliphatic rings. The fourth-order valence-corrected chi connectivity index (χ4v) is 3.15. The fraction of sp³-hybridized carbons (Fsp3) is 0.467. The van der Waals surface area contributed by atoms with E-state index < -0.39 is 0 Å². The average molecular weight is 290 g/mol. The van der Waals surface area contributed by atoms with Crippen molar-refractivity contribution in [2.75, 3.05) is 5.75 Å². The molecular formula is C15H22N4S. The summed E-state index contributed by atoms with van der Waals surface area (Å²) in [6.07, 6.45) is 1.92. The van der Waals surface area contributed by atoms with Gasteiger partial charge in [0.25, 0.3) is 0 Å².